The number of methoxy groups -OCH3 is 1. The number of ether oxygens (including phenoxy) is 2. The lowest BCUT2D eigenvalue weighted by molar-refractivity contribution is -0.146. The Morgan fingerprint density at radius 3 is 2.74 bits per heavy atom. The third kappa shape index (κ3) is 4.46. The first-order valence-corrected chi connectivity index (χ1v) is 10.0. The lowest BCUT2D eigenvalue weighted by Crippen LogP contribution is -2.45. The van der Waals surface area contributed by atoms with E-state index in [4.69, 9.17) is 9.47 Å². The van der Waals surface area contributed by atoms with Crippen LogP contribution < -0.4 is 15.4 Å². The summed E-state index contributed by atoms with van der Waals surface area (Å²) < 4.78 is 11.8. The SMILES string of the molecule is COc1ccc([C@H]2NC(=O)NC(C)=C2C(=O)O[C@H]2CCC[C@H](C)C2)cc1Br. The van der Waals surface area contributed by atoms with E-state index in [2.05, 4.69) is 33.5 Å². The van der Waals surface area contributed by atoms with Crippen molar-refractivity contribution in [2.75, 3.05) is 7.11 Å². The molecule has 0 saturated heterocycles. The van der Waals surface area contributed by atoms with E-state index >= 15 is 0 Å². The molecule has 1 aliphatic heterocycles. The van der Waals surface area contributed by atoms with Gasteiger partial charge in [0, 0.05) is 5.70 Å². The zero-order valence-electron chi connectivity index (χ0n) is 15.8. The van der Waals surface area contributed by atoms with E-state index in [1.807, 2.05) is 12.1 Å². The normalized spacial score (nSPS) is 25.5. The molecule has 0 bridgehead atoms. The fourth-order valence-corrected chi connectivity index (χ4v) is 4.34. The number of benzene rings is 1. The summed E-state index contributed by atoms with van der Waals surface area (Å²) >= 11 is 3.46. The Hall–Kier alpha value is -2.02. The number of nitrogens with one attached hydrogen (secondary N) is 2. The first-order valence-electron chi connectivity index (χ1n) is 9.21. The van der Waals surface area contributed by atoms with Crippen molar-refractivity contribution in [1.29, 1.82) is 0 Å². The van der Waals surface area contributed by atoms with Gasteiger partial charge in [-0.2, -0.15) is 0 Å². The lowest BCUT2D eigenvalue weighted by atomic mass is 9.88. The summed E-state index contributed by atoms with van der Waals surface area (Å²) in [5, 5.41) is 5.52. The molecule has 1 aliphatic carbocycles. The predicted octanol–water partition coefficient (Wildman–Crippen LogP) is 4.21. The molecule has 1 saturated carbocycles. The van der Waals surface area contributed by atoms with Crippen LogP contribution in [0.4, 0.5) is 4.79 Å². The van der Waals surface area contributed by atoms with Crippen LogP contribution in [-0.2, 0) is 9.53 Å². The van der Waals surface area contributed by atoms with Gasteiger partial charge in [-0.25, -0.2) is 9.59 Å². The first kappa shape index (κ1) is 19.7. The number of esters is 1. The standard InChI is InChI=1S/C20H25BrN2O4/c1-11-5-4-6-14(9-11)27-19(24)17-12(2)22-20(25)23-18(17)13-7-8-16(26-3)15(21)10-13/h7-8,10-11,14,18H,4-6,9H2,1-3H3,(H2,22,23,25)/t11-,14-,18+/m0/s1. The number of amides is 2. The molecule has 0 aromatic heterocycles. The molecular weight excluding hydrogens is 412 g/mol. The average molecular weight is 437 g/mol. The van der Waals surface area contributed by atoms with Crippen LogP contribution in [0.2, 0.25) is 0 Å². The van der Waals surface area contributed by atoms with Gasteiger partial charge in [0.25, 0.3) is 0 Å². The van der Waals surface area contributed by atoms with Gasteiger partial charge >= 0.3 is 12.0 Å². The Morgan fingerprint density at radius 1 is 1.30 bits per heavy atom. The molecule has 1 fully saturated rings. The number of hydrogen-bond acceptors (Lipinski definition) is 4. The van der Waals surface area contributed by atoms with E-state index < -0.39 is 6.04 Å². The second kappa shape index (κ2) is 8.33. The highest BCUT2D eigenvalue weighted by Gasteiger charge is 2.34. The maximum atomic E-state index is 13.0. The monoisotopic (exact) mass is 436 g/mol. The van der Waals surface area contributed by atoms with Gasteiger partial charge < -0.3 is 20.1 Å². The van der Waals surface area contributed by atoms with Gasteiger partial charge in [-0.1, -0.05) is 19.4 Å². The highest BCUT2D eigenvalue weighted by molar-refractivity contribution is 9.10. The Kier molecular flexibility index (Phi) is 6.09. The Bertz CT molecular complexity index is 777. The van der Waals surface area contributed by atoms with Crippen LogP contribution in [0.1, 0.15) is 51.1 Å². The molecule has 2 aliphatic rings. The predicted molar refractivity (Wildman–Crippen MR) is 105 cm³/mol. The quantitative estimate of drug-likeness (QED) is 0.693. The topological polar surface area (TPSA) is 76.7 Å². The van der Waals surface area contributed by atoms with Crippen LogP contribution in [0.15, 0.2) is 33.9 Å². The van der Waals surface area contributed by atoms with Crippen LogP contribution in [-0.4, -0.2) is 25.2 Å². The minimum atomic E-state index is -0.575. The molecular formula is C20H25BrN2O4. The van der Waals surface area contributed by atoms with Crippen molar-refractivity contribution in [3.63, 3.8) is 0 Å². The number of allylic oxidation sites excluding steroid dienone is 1. The molecule has 6 nitrogen and oxygen atoms in total. The van der Waals surface area contributed by atoms with Gasteiger partial charge in [-0.05, 0) is 65.7 Å². The van der Waals surface area contributed by atoms with Crippen molar-refractivity contribution in [2.45, 2.75) is 51.7 Å². The molecule has 27 heavy (non-hydrogen) atoms. The lowest BCUT2D eigenvalue weighted by Gasteiger charge is -2.31. The van der Waals surface area contributed by atoms with Gasteiger partial charge in [0.05, 0.1) is 23.2 Å². The van der Waals surface area contributed by atoms with Crippen molar-refractivity contribution in [3.05, 3.63) is 39.5 Å². The summed E-state index contributed by atoms with van der Waals surface area (Å²) in [6.07, 6.45) is 3.96. The number of urea groups is 1. The molecule has 146 valence electrons. The summed E-state index contributed by atoms with van der Waals surface area (Å²) in [4.78, 5) is 25.0. The molecule has 7 heteroatoms. The number of carbonyl (C=O) groups is 2. The van der Waals surface area contributed by atoms with Gasteiger partial charge in [-0.15, -0.1) is 0 Å². The molecule has 2 N–H and O–H groups in total. The minimum absolute atomic E-state index is 0.0672. The molecule has 1 aromatic rings. The van der Waals surface area contributed by atoms with E-state index in [-0.39, 0.29) is 18.1 Å². The highest BCUT2D eigenvalue weighted by atomic mass is 79.9. The van der Waals surface area contributed by atoms with Crippen LogP contribution >= 0.6 is 15.9 Å². The smallest absolute Gasteiger partial charge is 0.338 e. The molecule has 0 spiro atoms. The number of halogens is 1. The van der Waals surface area contributed by atoms with Gasteiger partial charge in [0.2, 0.25) is 0 Å². The summed E-state index contributed by atoms with van der Waals surface area (Å²) in [5.41, 5.74) is 1.73. The van der Waals surface area contributed by atoms with Crippen LogP contribution in [0, 0.1) is 5.92 Å². The van der Waals surface area contributed by atoms with E-state index in [0.717, 1.165) is 29.3 Å². The zero-order chi connectivity index (χ0) is 19.6. The van der Waals surface area contributed by atoms with Crippen molar-refractivity contribution in [3.8, 4) is 5.75 Å². The van der Waals surface area contributed by atoms with Gasteiger partial charge in [-0.3, -0.25) is 0 Å². The summed E-state index contributed by atoms with van der Waals surface area (Å²) in [5.74, 6) is 0.861. The van der Waals surface area contributed by atoms with Crippen LogP contribution in [0.5, 0.6) is 5.75 Å². The van der Waals surface area contributed by atoms with Crippen LogP contribution in [0.3, 0.4) is 0 Å². The molecule has 1 aromatic carbocycles. The van der Waals surface area contributed by atoms with Crippen molar-refractivity contribution in [1.82, 2.24) is 10.6 Å². The maximum Gasteiger partial charge on any atom is 0.338 e. The van der Waals surface area contributed by atoms with Crippen LogP contribution in [0.25, 0.3) is 0 Å². The molecule has 2 amide bonds. The fraction of sp³-hybridized carbons (Fsp3) is 0.500. The van der Waals surface area contributed by atoms with E-state index in [1.54, 1.807) is 20.1 Å². The summed E-state index contributed by atoms with van der Waals surface area (Å²) in [6.45, 7) is 3.91. The maximum absolute atomic E-state index is 13.0. The Balaban J connectivity index is 1.87. The Labute approximate surface area is 167 Å². The minimum Gasteiger partial charge on any atom is -0.496 e. The van der Waals surface area contributed by atoms with Crippen molar-refractivity contribution >= 4 is 27.9 Å². The third-order valence-corrected chi connectivity index (χ3v) is 5.78. The second-order valence-corrected chi connectivity index (χ2v) is 8.12. The zero-order valence-corrected chi connectivity index (χ0v) is 17.4. The molecule has 3 rings (SSSR count). The van der Waals surface area contributed by atoms with E-state index in [9.17, 15) is 9.59 Å². The molecule has 0 radical (unpaired) electrons. The van der Waals surface area contributed by atoms with E-state index in [0.29, 0.717) is 22.9 Å². The summed E-state index contributed by atoms with van der Waals surface area (Å²) in [6, 6.07) is 4.57. The van der Waals surface area contributed by atoms with Crippen molar-refractivity contribution in [2.24, 2.45) is 5.92 Å². The number of hydrogen-bond donors (Lipinski definition) is 2. The van der Waals surface area contributed by atoms with Crippen molar-refractivity contribution < 1.29 is 19.1 Å². The number of carbonyl (C=O) groups excluding carboxylic acids is 2. The highest BCUT2D eigenvalue weighted by Crippen LogP contribution is 2.34. The fourth-order valence-electron chi connectivity index (χ4n) is 3.78. The van der Waals surface area contributed by atoms with Gasteiger partial charge in [0.1, 0.15) is 11.9 Å². The second-order valence-electron chi connectivity index (χ2n) is 7.26. The van der Waals surface area contributed by atoms with Gasteiger partial charge in [0.15, 0.2) is 0 Å². The average Bonchev–Trinajstić information content (AvgIpc) is 2.60. The molecule has 3 atom stereocenters. The largest absolute Gasteiger partial charge is 0.496 e. The third-order valence-electron chi connectivity index (χ3n) is 5.16. The first-order chi connectivity index (χ1) is 12.9. The molecule has 0 unspecified atom stereocenters. The number of rotatable bonds is 4. The summed E-state index contributed by atoms with van der Waals surface area (Å²) in [7, 11) is 1.59. The molecule has 1 heterocycles. The van der Waals surface area contributed by atoms with E-state index in [1.165, 1.54) is 6.42 Å². The Morgan fingerprint density at radius 2 is 2.07 bits per heavy atom.